The molecule has 1 aliphatic rings. The first kappa shape index (κ1) is 16.1. The van der Waals surface area contributed by atoms with E-state index in [1.165, 1.54) is 23.3 Å². The third-order valence-corrected chi connectivity index (χ3v) is 4.99. The van der Waals surface area contributed by atoms with E-state index in [1.807, 2.05) is 13.0 Å². The number of nitrogens with one attached hydrogen (secondary N) is 1. The minimum absolute atomic E-state index is 0.330. The van der Waals surface area contributed by atoms with Crippen LogP contribution >= 0.6 is 11.3 Å². The number of nitrogens with zero attached hydrogens (tertiary/aromatic N) is 5. The number of anilines is 2. The topological polar surface area (TPSA) is 66.8 Å². The summed E-state index contributed by atoms with van der Waals surface area (Å²) in [5.41, 5.74) is 4.12. The Bertz CT molecular complexity index is 821. The smallest absolute Gasteiger partial charge is 0.210 e. The van der Waals surface area contributed by atoms with Crippen molar-refractivity contribution in [3.8, 4) is 0 Å². The Morgan fingerprint density at radius 3 is 2.92 bits per heavy atom. The fraction of sp³-hybridized carbons (Fsp3) is 0.333. The molecule has 3 aromatic rings. The lowest BCUT2D eigenvalue weighted by Crippen LogP contribution is -2.24. The summed E-state index contributed by atoms with van der Waals surface area (Å²) < 4.78 is 0. The molecule has 0 radical (unpaired) electrons. The molecule has 0 saturated carbocycles. The van der Waals surface area contributed by atoms with Gasteiger partial charge in [-0.3, -0.25) is 4.90 Å². The molecule has 1 aromatic carbocycles. The molecule has 4 rings (SSSR count). The Kier molecular flexibility index (Phi) is 4.67. The Hall–Kier alpha value is -2.38. The molecule has 1 saturated heterocycles. The monoisotopic (exact) mass is 352 g/mol. The summed E-state index contributed by atoms with van der Waals surface area (Å²) in [6, 6.07) is 13.0. The molecule has 3 heterocycles. The first-order chi connectivity index (χ1) is 12.3. The number of aromatic nitrogens is 4. The molecule has 0 unspecified atom stereocenters. The second-order valence-electron chi connectivity index (χ2n) is 6.21. The van der Waals surface area contributed by atoms with Gasteiger partial charge in [0.15, 0.2) is 0 Å². The Morgan fingerprint density at radius 2 is 2.12 bits per heavy atom. The van der Waals surface area contributed by atoms with E-state index in [2.05, 4.69) is 55.7 Å². The van der Waals surface area contributed by atoms with Crippen LogP contribution in [0.3, 0.4) is 0 Å². The molecule has 1 N–H and O–H groups in total. The van der Waals surface area contributed by atoms with Crippen LogP contribution in [-0.2, 0) is 6.54 Å². The van der Waals surface area contributed by atoms with Crippen LogP contribution in [0.4, 0.5) is 10.9 Å². The highest BCUT2D eigenvalue weighted by Crippen LogP contribution is 2.33. The molecule has 0 spiro atoms. The van der Waals surface area contributed by atoms with Gasteiger partial charge in [0.2, 0.25) is 5.13 Å². The highest BCUT2D eigenvalue weighted by Gasteiger charge is 2.27. The van der Waals surface area contributed by atoms with E-state index >= 15 is 0 Å². The van der Waals surface area contributed by atoms with E-state index < -0.39 is 0 Å². The zero-order valence-corrected chi connectivity index (χ0v) is 14.9. The van der Waals surface area contributed by atoms with Crippen LogP contribution < -0.4 is 5.32 Å². The summed E-state index contributed by atoms with van der Waals surface area (Å²) in [5.74, 6) is 1.56. The molecule has 2 aromatic heterocycles. The lowest BCUT2D eigenvalue weighted by atomic mass is 10.1. The Balaban J connectivity index is 1.56. The molecule has 25 heavy (non-hydrogen) atoms. The van der Waals surface area contributed by atoms with Gasteiger partial charge in [-0.15, -0.1) is 10.2 Å². The van der Waals surface area contributed by atoms with Gasteiger partial charge in [-0.25, -0.2) is 9.97 Å². The van der Waals surface area contributed by atoms with Crippen molar-refractivity contribution in [3.63, 3.8) is 0 Å². The zero-order chi connectivity index (χ0) is 17.1. The van der Waals surface area contributed by atoms with E-state index in [9.17, 15) is 0 Å². The Morgan fingerprint density at radius 1 is 1.24 bits per heavy atom. The molecule has 1 fully saturated rings. The number of benzene rings is 1. The lowest BCUT2D eigenvalue weighted by molar-refractivity contribution is 0.244. The summed E-state index contributed by atoms with van der Waals surface area (Å²) in [7, 11) is 0. The summed E-state index contributed by atoms with van der Waals surface area (Å²) in [6.07, 6.45) is 2.32. The lowest BCUT2D eigenvalue weighted by Gasteiger charge is -2.24. The minimum atomic E-state index is 0.330. The summed E-state index contributed by atoms with van der Waals surface area (Å²) >= 11 is 1.46. The molecule has 1 atom stereocenters. The fourth-order valence-electron chi connectivity index (χ4n) is 3.33. The molecule has 0 bridgehead atoms. The van der Waals surface area contributed by atoms with Crippen LogP contribution in [0.1, 0.15) is 36.0 Å². The van der Waals surface area contributed by atoms with Crippen LogP contribution in [0.2, 0.25) is 0 Å². The SMILES string of the molecule is Cc1nc(Nc2nncs2)cc([C@@H]2CCCN2Cc2ccccc2)n1. The maximum atomic E-state index is 4.71. The maximum absolute atomic E-state index is 4.71. The van der Waals surface area contributed by atoms with Crippen LogP contribution in [0, 0.1) is 6.92 Å². The third kappa shape index (κ3) is 3.83. The molecule has 0 amide bonds. The van der Waals surface area contributed by atoms with Crippen LogP contribution in [-0.4, -0.2) is 31.6 Å². The van der Waals surface area contributed by atoms with Gasteiger partial charge in [-0.2, -0.15) is 0 Å². The standard InChI is InChI=1S/C18H20N6S/c1-13-20-15(10-17(21-13)22-18-23-19-12-25-18)16-8-5-9-24(16)11-14-6-3-2-4-7-14/h2-4,6-7,10,12,16H,5,8-9,11H2,1H3,(H,20,21,22,23)/t16-/m0/s1. The summed E-state index contributed by atoms with van der Waals surface area (Å²) in [4.78, 5) is 11.7. The van der Waals surface area contributed by atoms with Crippen molar-refractivity contribution in [2.45, 2.75) is 32.4 Å². The quantitative estimate of drug-likeness (QED) is 0.755. The molecule has 6 nitrogen and oxygen atoms in total. The van der Waals surface area contributed by atoms with Crippen molar-refractivity contribution in [1.82, 2.24) is 25.1 Å². The van der Waals surface area contributed by atoms with E-state index in [1.54, 1.807) is 5.51 Å². The van der Waals surface area contributed by atoms with Gasteiger partial charge < -0.3 is 5.32 Å². The highest BCUT2D eigenvalue weighted by molar-refractivity contribution is 7.13. The first-order valence-electron chi connectivity index (χ1n) is 8.45. The van der Waals surface area contributed by atoms with E-state index in [-0.39, 0.29) is 0 Å². The summed E-state index contributed by atoms with van der Waals surface area (Å²) in [6.45, 7) is 3.99. The van der Waals surface area contributed by atoms with Crippen molar-refractivity contribution in [1.29, 1.82) is 0 Å². The number of rotatable bonds is 5. The van der Waals surface area contributed by atoms with Gasteiger partial charge in [0, 0.05) is 12.6 Å². The van der Waals surface area contributed by atoms with Gasteiger partial charge in [0.1, 0.15) is 17.2 Å². The predicted octanol–water partition coefficient (Wildman–Crippen LogP) is 3.72. The van der Waals surface area contributed by atoms with Gasteiger partial charge in [0.05, 0.1) is 11.7 Å². The molecule has 7 heteroatoms. The molecule has 1 aliphatic heterocycles. The highest BCUT2D eigenvalue weighted by atomic mass is 32.1. The molecular weight excluding hydrogens is 332 g/mol. The average Bonchev–Trinajstić information content (AvgIpc) is 3.27. The van der Waals surface area contributed by atoms with Crippen LogP contribution in [0.5, 0.6) is 0 Å². The van der Waals surface area contributed by atoms with Crippen molar-refractivity contribution < 1.29 is 0 Å². The normalized spacial score (nSPS) is 17.7. The van der Waals surface area contributed by atoms with E-state index in [0.717, 1.165) is 42.0 Å². The Labute approximate surface area is 151 Å². The number of hydrogen-bond donors (Lipinski definition) is 1. The van der Waals surface area contributed by atoms with Crippen LogP contribution in [0.25, 0.3) is 0 Å². The van der Waals surface area contributed by atoms with Crippen molar-refractivity contribution in [2.75, 3.05) is 11.9 Å². The van der Waals surface area contributed by atoms with Gasteiger partial charge >= 0.3 is 0 Å². The van der Waals surface area contributed by atoms with E-state index in [4.69, 9.17) is 4.98 Å². The molecular formula is C18H20N6S. The second kappa shape index (κ2) is 7.25. The molecule has 128 valence electrons. The minimum Gasteiger partial charge on any atom is -0.315 e. The number of likely N-dealkylation sites (tertiary alicyclic amines) is 1. The number of aryl methyl sites for hydroxylation is 1. The zero-order valence-electron chi connectivity index (χ0n) is 14.1. The first-order valence-corrected chi connectivity index (χ1v) is 9.32. The fourth-order valence-corrected chi connectivity index (χ4v) is 3.78. The largest absolute Gasteiger partial charge is 0.315 e. The maximum Gasteiger partial charge on any atom is 0.210 e. The predicted molar refractivity (Wildman–Crippen MR) is 98.8 cm³/mol. The van der Waals surface area contributed by atoms with Crippen molar-refractivity contribution in [3.05, 3.63) is 59.0 Å². The van der Waals surface area contributed by atoms with Gasteiger partial charge in [-0.1, -0.05) is 41.7 Å². The summed E-state index contributed by atoms with van der Waals surface area (Å²) in [5, 5.41) is 11.9. The number of hydrogen-bond acceptors (Lipinski definition) is 7. The van der Waals surface area contributed by atoms with E-state index in [0.29, 0.717) is 6.04 Å². The average molecular weight is 352 g/mol. The second-order valence-corrected chi connectivity index (χ2v) is 7.04. The third-order valence-electron chi connectivity index (χ3n) is 4.39. The molecule has 0 aliphatic carbocycles. The van der Waals surface area contributed by atoms with Crippen molar-refractivity contribution in [2.24, 2.45) is 0 Å². The van der Waals surface area contributed by atoms with Crippen LogP contribution in [0.15, 0.2) is 41.9 Å². The van der Waals surface area contributed by atoms with Gasteiger partial charge in [0.25, 0.3) is 0 Å². The van der Waals surface area contributed by atoms with Gasteiger partial charge in [-0.05, 0) is 31.9 Å². The van der Waals surface area contributed by atoms with Crippen molar-refractivity contribution >= 4 is 22.3 Å².